The van der Waals surface area contributed by atoms with Crippen molar-refractivity contribution in [1.82, 2.24) is 9.80 Å². The molecule has 0 aliphatic carbocycles. The number of likely N-dealkylation sites (N-methyl/N-ethyl adjacent to an activating group) is 1. The highest BCUT2D eigenvalue weighted by molar-refractivity contribution is 5.81. The van der Waals surface area contributed by atoms with Crippen LogP contribution < -0.4 is 5.73 Å². The number of carbonyl (C=O) groups is 1. The molecule has 5 nitrogen and oxygen atoms in total. The van der Waals surface area contributed by atoms with Gasteiger partial charge in [0.25, 0.3) is 5.91 Å². The number of likely N-dealkylation sites (tertiary alicyclic amines) is 1. The van der Waals surface area contributed by atoms with Gasteiger partial charge in [-0.3, -0.25) is 4.79 Å². The lowest BCUT2D eigenvalue weighted by Gasteiger charge is -2.29. The molecule has 1 amide bonds. The van der Waals surface area contributed by atoms with Crippen LogP contribution in [0, 0.1) is 0 Å². The summed E-state index contributed by atoms with van der Waals surface area (Å²) in [6.45, 7) is 1.99. The maximum absolute atomic E-state index is 12.1. The molecule has 1 fully saturated rings. The van der Waals surface area contributed by atoms with E-state index in [2.05, 4.69) is 4.90 Å². The van der Waals surface area contributed by atoms with Crippen molar-refractivity contribution < 1.29 is 9.53 Å². The predicted octanol–water partition coefficient (Wildman–Crippen LogP) is -0.487. The van der Waals surface area contributed by atoms with Gasteiger partial charge in [-0.25, -0.2) is 0 Å². The van der Waals surface area contributed by atoms with Gasteiger partial charge < -0.3 is 20.3 Å². The minimum absolute atomic E-state index is 0.0364. The van der Waals surface area contributed by atoms with Gasteiger partial charge in [-0.1, -0.05) is 0 Å². The van der Waals surface area contributed by atoms with E-state index >= 15 is 0 Å². The van der Waals surface area contributed by atoms with Crippen molar-refractivity contribution in [2.24, 2.45) is 5.73 Å². The van der Waals surface area contributed by atoms with Crippen LogP contribution in [0.3, 0.4) is 0 Å². The second-order valence-electron chi connectivity index (χ2n) is 4.55. The highest BCUT2D eigenvalue weighted by Gasteiger charge is 2.32. The second kappa shape index (κ2) is 6.18. The van der Waals surface area contributed by atoms with E-state index in [0.29, 0.717) is 6.04 Å². The van der Waals surface area contributed by atoms with Gasteiger partial charge in [0.2, 0.25) is 0 Å². The molecule has 1 saturated heterocycles. The molecule has 0 aromatic heterocycles. The van der Waals surface area contributed by atoms with Crippen LogP contribution in [0.4, 0.5) is 0 Å². The third-order valence-corrected chi connectivity index (χ3v) is 3.01. The molecule has 16 heavy (non-hydrogen) atoms. The molecule has 2 atom stereocenters. The van der Waals surface area contributed by atoms with Crippen LogP contribution in [0.25, 0.3) is 0 Å². The Bertz CT molecular complexity index is 229. The molecule has 2 unspecified atom stereocenters. The lowest BCUT2D eigenvalue weighted by Crippen LogP contribution is -2.48. The molecule has 1 heterocycles. The second-order valence-corrected chi connectivity index (χ2v) is 4.55. The van der Waals surface area contributed by atoms with E-state index in [4.69, 9.17) is 10.5 Å². The largest absolute Gasteiger partial charge is 0.370 e. The number of nitrogens with zero attached hydrogens (tertiary/aromatic N) is 2. The van der Waals surface area contributed by atoms with Gasteiger partial charge in [0, 0.05) is 32.8 Å². The molecule has 0 bridgehead atoms. The number of hydrogen-bond donors (Lipinski definition) is 1. The Morgan fingerprint density at radius 1 is 1.62 bits per heavy atom. The molecule has 5 heteroatoms. The molecule has 94 valence electrons. The Kier molecular flexibility index (Phi) is 5.18. The maximum atomic E-state index is 12.1. The van der Waals surface area contributed by atoms with E-state index in [9.17, 15) is 4.79 Å². The summed E-state index contributed by atoms with van der Waals surface area (Å²) in [5.41, 5.74) is 5.52. The normalized spacial score (nSPS) is 22.8. The predicted molar refractivity (Wildman–Crippen MR) is 63.1 cm³/mol. The number of carbonyl (C=O) groups excluding carboxylic acids is 1. The summed E-state index contributed by atoms with van der Waals surface area (Å²) in [7, 11) is 5.59. The summed E-state index contributed by atoms with van der Waals surface area (Å²) >= 11 is 0. The molecule has 1 aliphatic rings. The Morgan fingerprint density at radius 3 is 2.81 bits per heavy atom. The summed E-state index contributed by atoms with van der Waals surface area (Å²) in [6, 6.07) is 0.312. The van der Waals surface area contributed by atoms with Crippen LogP contribution in [0.15, 0.2) is 0 Å². The van der Waals surface area contributed by atoms with Gasteiger partial charge >= 0.3 is 0 Å². The molecule has 0 saturated carbocycles. The van der Waals surface area contributed by atoms with E-state index in [-0.39, 0.29) is 12.5 Å². The fourth-order valence-electron chi connectivity index (χ4n) is 2.22. The van der Waals surface area contributed by atoms with Crippen LogP contribution in [-0.4, -0.2) is 68.7 Å². The minimum Gasteiger partial charge on any atom is -0.370 e. The van der Waals surface area contributed by atoms with Crippen LogP contribution in [-0.2, 0) is 9.53 Å². The van der Waals surface area contributed by atoms with E-state index in [0.717, 1.165) is 25.9 Å². The molecular formula is C11H23N3O2. The van der Waals surface area contributed by atoms with E-state index in [1.165, 1.54) is 7.11 Å². The Morgan fingerprint density at radius 2 is 2.31 bits per heavy atom. The van der Waals surface area contributed by atoms with Crippen molar-refractivity contribution in [3.8, 4) is 0 Å². The Balaban J connectivity index is 2.59. The van der Waals surface area contributed by atoms with E-state index in [1.54, 1.807) is 0 Å². The first-order valence-corrected chi connectivity index (χ1v) is 5.78. The molecule has 1 rings (SSSR count). The lowest BCUT2D eigenvalue weighted by molar-refractivity contribution is -0.142. The van der Waals surface area contributed by atoms with Gasteiger partial charge in [0.05, 0.1) is 0 Å². The SMILES string of the molecule is COC(CN)C(=O)N1CCCC1CN(C)C. The number of methoxy groups -OCH3 is 1. The van der Waals surface area contributed by atoms with Gasteiger partial charge in [-0.05, 0) is 26.9 Å². The summed E-state index contributed by atoms with van der Waals surface area (Å²) in [5, 5.41) is 0. The Hall–Kier alpha value is -0.650. The molecule has 1 aliphatic heterocycles. The zero-order valence-electron chi connectivity index (χ0n) is 10.5. The van der Waals surface area contributed by atoms with Crippen molar-refractivity contribution in [3.63, 3.8) is 0 Å². The number of rotatable bonds is 5. The standard InChI is InChI=1S/C11H23N3O2/c1-13(2)8-9-5-4-6-14(9)11(15)10(7-12)16-3/h9-10H,4-8,12H2,1-3H3. The maximum Gasteiger partial charge on any atom is 0.253 e. The summed E-state index contributed by atoms with van der Waals surface area (Å²) in [6.07, 6.45) is 1.67. The van der Waals surface area contributed by atoms with Gasteiger partial charge in [0.15, 0.2) is 0 Å². The first kappa shape index (κ1) is 13.4. The van der Waals surface area contributed by atoms with Crippen LogP contribution in [0.1, 0.15) is 12.8 Å². The van der Waals surface area contributed by atoms with Crippen molar-refractivity contribution in [2.45, 2.75) is 25.0 Å². The molecular weight excluding hydrogens is 206 g/mol. The molecule has 0 radical (unpaired) electrons. The highest BCUT2D eigenvalue weighted by atomic mass is 16.5. The van der Waals surface area contributed by atoms with Gasteiger partial charge in [-0.15, -0.1) is 0 Å². The zero-order valence-corrected chi connectivity index (χ0v) is 10.5. The molecule has 2 N–H and O–H groups in total. The summed E-state index contributed by atoms with van der Waals surface area (Å²) in [4.78, 5) is 16.1. The molecule has 0 aromatic carbocycles. The molecule has 0 aromatic rings. The van der Waals surface area contributed by atoms with E-state index < -0.39 is 6.10 Å². The van der Waals surface area contributed by atoms with Gasteiger partial charge in [0.1, 0.15) is 6.10 Å². The first-order valence-electron chi connectivity index (χ1n) is 5.78. The summed E-state index contributed by atoms with van der Waals surface area (Å²) in [5.74, 6) is 0.0364. The number of amides is 1. The first-order chi connectivity index (χ1) is 7.60. The highest BCUT2D eigenvalue weighted by Crippen LogP contribution is 2.19. The van der Waals surface area contributed by atoms with Crippen molar-refractivity contribution >= 4 is 5.91 Å². The average molecular weight is 229 g/mol. The van der Waals surface area contributed by atoms with Gasteiger partial charge in [-0.2, -0.15) is 0 Å². The summed E-state index contributed by atoms with van der Waals surface area (Å²) < 4.78 is 5.10. The van der Waals surface area contributed by atoms with Crippen LogP contribution in [0.5, 0.6) is 0 Å². The van der Waals surface area contributed by atoms with Crippen molar-refractivity contribution in [3.05, 3.63) is 0 Å². The topological polar surface area (TPSA) is 58.8 Å². The fraction of sp³-hybridized carbons (Fsp3) is 0.909. The quantitative estimate of drug-likeness (QED) is 0.691. The van der Waals surface area contributed by atoms with Crippen LogP contribution in [0.2, 0.25) is 0 Å². The third-order valence-electron chi connectivity index (χ3n) is 3.01. The minimum atomic E-state index is -0.484. The van der Waals surface area contributed by atoms with Crippen LogP contribution >= 0.6 is 0 Å². The van der Waals surface area contributed by atoms with Crippen molar-refractivity contribution in [1.29, 1.82) is 0 Å². The van der Waals surface area contributed by atoms with Crippen molar-refractivity contribution in [2.75, 3.05) is 40.8 Å². The van der Waals surface area contributed by atoms with E-state index in [1.807, 2.05) is 19.0 Å². The number of hydrogen-bond acceptors (Lipinski definition) is 4. The molecule has 0 spiro atoms. The third kappa shape index (κ3) is 3.17. The average Bonchev–Trinajstić information content (AvgIpc) is 2.66. The lowest BCUT2D eigenvalue weighted by atomic mass is 10.2. The Labute approximate surface area is 97.5 Å². The fourth-order valence-corrected chi connectivity index (χ4v) is 2.22. The smallest absolute Gasteiger partial charge is 0.253 e. The monoisotopic (exact) mass is 229 g/mol. The number of nitrogens with two attached hydrogens (primary N) is 1. The number of ether oxygens (including phenoxy) is 1. The zero-order chi connectivity index (χ0) is 12.1.